The van der Waals surface area contributed by atoms with Crippen molar-refractivity contribution in [3.05, 3.63) is 33.4 Å². The molecule has 0 saturated heterocycles. The van der Waals surface area contributed by atoms with Crippen LogP contribution in [0, 0.1) is 17.0 Å². The molecular weight excluding hydrogens is 186 g/mol. The van der Waals surface area contributed by atoms with Crippen molar-refractivity contribution >= 4 is 11.5 Å². The summed E-state index contributed by atoms with van der Waals surface area (Å²) in [7, 11) is 0. The molecule has 0 aliphatic carbocycles. The van der Waals surface area contributed by atoms with Crippen molar-refractivity contribution in [2.24, 2.45) is 0 Å². The van der Waals surface area contributed by atoms with E-state index < -0.39 is 4.92 Å². The van der Waals surface area contributed by atoms with Gasteiger partial charge in [-0.05, 0) is 19.9 Å². The number of hydrogen-bond acceptors (Lipinski definition) is 4. The molecule has 0 saturated carbocycles. The van der Waals surface area contributed by atoms with Gasteiger partial charge < -0.3 is 5.11 Å². The molecule has 74 valence electrons. The highest BCUT2D eigenvalue weighted by Gasteiger charge is 2.18. The van der Waals surface area contributed by atoms with E-state index in [0.29, 0.717) is 0 Å². The third-order valence-electron chi connectivity index (χ3n) is 1.98. The van der Waals surface area contributed by atoms with Crippen molar-refractivity contribution in [3.63, 3.8) is 0 Å². The summed E-state index contributed by atoms with van der Waals surface area (Å²) in [5.41, 5.74) is 0.0308. The van der Waals surface area contributed by atoms with Gasteiger partial charge in [0.15, 0.2) is 5.78 Å². The lowest BCUT2D eigenvalue weighted by Gasteiger charge is -2.03. The van der Waals surface area contributed by atoms with Crippen molar-refractivity contribution in [1.29, 1.82) is 0 Å². The van der Waals surface area contributed by atoms with Gasteiger partial charge in [0.05, 0.1) is 16.1 Å². The Morgan fingerprint density at radius 1 is 1.50 bits per heavy atom. The van der Waals surface area contributed by atoms with Gasteiger partial charge in [0.2, 0.25) is 0 Å². The van der Waals surface area contributed by atoms with E-state index in [1.807, 2.05) is 0 Å². The van der Waals surface area contributed by atoms with Crippen molar-refractivity contribution in [3.8, 4) is 5.75 Å². The fraction of sp³-hybridized carbons (Fsp3) is 0.222. The number of phenolic OH excluding ortho intramolecular Hbond substituents is 1. The molecule has 5 nitrogen and oxygen atoms in total. The second-order valence-electron chi connectivity index (χ2n) is 2.92. The number of nitro groups is 1. The number of benzene rings is 1. The molecule has 1 rings (SSSR count). The van der Waals surface area contributed by atoms with Gasteiger partial charge in [-0.1, -0.05) is 0 Å². The van der Waals surface area contributed by atoms with Gasteiger partial charge in [-0.25, -0.2) is 0 Å². The van der Waals surface area contributed by atoms with E-state index in [1.165, 1.54) is 26.0 Å². The summed E-state index contributed by atoms with van der Waals surface area (Å²) in [5.74, 6) is -0.632. The maximum Gasteiger partial charge on any atom is 0.276 e. The van der Waals surface area contributed by atoms with Crippen molar-refractivity contribution in [2.45, 2.75) is 13.8 Å². The number of aromatic hydroxyl groups is 1. The van der Waals surface area contributed by atoms with Gasteiger partial charge in [-0.3, -0.25) is 14.9 Å². The minimum Gasteiger partial charge on any atom is -0.507 e. The molecule has 0 spiro atoms. The van der Waals surface area contributed by atoms with Gasteiger partial charge in [-0.2, -0.15) is 0 Å². The van der Waals surface area contributed by atoms with E-state index in [-0.39, 0.29) is 28.3 Å². The van der Waals surface area contributed by atoms with E-state index in [9.17, 15) is 20.0 Å². The molecule has 5 heteroatoms. The largest absolute Gasteiger partial charge is 0.507 e. The fourth-order valence-corrected chi connectivity index (χ4v) is 1.17. The lowest BCUT2D eigenvalue weighted by molar-refractivity contribution is -0.385. The number of rotatable bonds is 2. The number of carbonyl (C=O) groups is 1. The lowest BCUT2D eigenvalue weighted by atomic mass is 10.1. The number of phenols is 1. The van der Waals surface area contributed by atoms with Crippen LogP contribution in [0.3, 0.4) is 0 Å². The summed E-state index contributed by atoms with van der Waals surface area (Å²) < 4.78 is 0. The highest BCUT2D eigenvalue weighted by Crippen LogP contribution is 2.30. The van der Waals surface area contributed by atoms with E-state index in [0.717, 1.165) is 0 Å². The summed E-state index contributed by atoms with van der Waals surface area (Å²) >= 11 is 0. The summed E-state index contributed by atoms with van der Waals surface area (Å²) in [6, 6.07) is 2.47. The summed E-state index contributed by atoms with van der Waals surface area (Å²) in [6.07, 6.45) is 0. The van der Waals surface area contributed by atoms with Crippen LogP contribution in [0.4, 0.5) is 5.69 Å². The first-order chi connectivity index (χ1) is 6.45. The second-order valence-corrected chi connectivity index (χ2v) is 2.92. The normalized spacial score (nSPS) is 9.86. The quantitative estimate of drug-likeness (QED) is 0.443. The minimum atomic E-state index is -0.598. The summed E-state index contributed by atoms with van der Waals surface area (Å²) in [5, 5.41) is 19.9. The van der Waals surface area contributed by atoms with Crippen LogP contribution in [0.5, 0.6) is 5.75 Å². The van der Waals surface area contributed by atoms with Crippen LogP contribution >= 0.6 is 0 Å². The third-order valence-corrected chi connectivity index (χ3v) is 1.98. The second kappa shape index (κ2) is 3.45. The number of ketones is 1. The first kappa shape index (κ1) is 10.2. The van der Waals surface area contributed by atoms with Gasteiger partial charge in [0.1, 0.15) is 5.75 Å². The van der Waals surface area contributed by atoms with Gasteiger partial charge >= 0.3 is 0 Å². The number of nitro benzene ring substituents is 1. The Labute approximate surface area is 80.1 Å². The molecule has 14 heavy (non-hydrogen) atoms. The Balaban J connectivity index is 3.41. The van der Waals surface area contributed by atoms with E-state index in [4.69, 9.17) is 0 Å². The summed E-state index contributed by atoms with van der Waals surface area (Å²) in [6.45, 7) is 2.69. The molecule has 1 aromatic rings. The summed E-state index contributed by atoms with van der Waals surface area (Å²) in [4.78, 5) is 20.8. The van der Waals surface area contributed by atoms with Crippen LogP contribution in [-0.4, -0.2) is 15.8 Å². The molecule has 0 amide bonds. The molecule has 0 bridgehead atoms. The van der Waals surface area contributed by atoms with Crippen LogP contribution in [0.15, 0.2) is 12.1 Å². The maximum absolute atomic E-state index is 11.0. The van der Waals surface area contributed by atoms with Crippen molar-refractivity contribution < 1.29 is 14.8 Å². The third kappa shape index (κ3) is 1.56. The Bertz CT molecular complexity index is 373. The van der Waals surface area contributed by atoms with Gasteiger partial charge in [-0.15, -0.1) is 0 Å². The Kier molecular flexibility index (Phi) is 2.51. The van der Waals surface area contributed by atoms with Crippen LogP contribution in [-0.2, 0) is 0 Å². The number of carbonyl (C=O) groups excluding carboxylic acids is 1. The number of Topliss-reactive ketones (excluding diaryl/α,β-unsaturated/α-hetero) is 1. The average Bonchev–Trinajstić information content (AvgIpc) is 2.08. The van der Waals surface area contributed by atoms with Crippen LogP contribution in [0.2, 0.25) is 0 Å². The molecule has 1 aromatic carbocycles. The molecule has 0 aliphatic heterocycles. The van der Waals surface area contributed by atoms with E-state index in [1.54, 1.807) is 0 Å². The van der Waals surface area contributed by atoms with E-state index >= 15 is 0 Å². The minimum absolute atomic E-state index is 0.105. The molecule has 0 aromatic heterocycles. The lowest BCUT2D eigenvalue weighted by Crippen LogP contribution is -1.98. The predicted octanol–water partition coefficient (Wildman–Crippen LogP) is 1.81. The van der Waals surface area contributed by atoms with Crippen molar-refractivity contribution in [2.75, 3.05) is 0 Å². The molecule has 0 unspecified atom stereocenters. The first-order valence-electron chi connectivity index (χ1n) is 3.93. The SMILES string of the molecule is CC(=O)c1ccc([N+](=O)[O-])c(C)c1O. The molecule has 0 radical (unpaired) electrons. The zero-order chi connectivity index (χ0) is 10.9. The van der Waals surface area contributed by atoms with Gasteiger partial charge in [0, 0.05) is 6.07 Å². The highest BCUT2D eigenvalue weighted by molar-refractivity contribution is 5.97. The zero-order valence-corrected chi connectivity index (χ0v) is 7.77. The molecule has 0 aliphatic rings. The standard InChI is InChI=1S/C9H9NO4/c1-5-8(10(13)14)4-3-7(6(2)11)9(5)12/h3-4,12H,1-2H3. The Morgan fingerprint density at radius 3 is 2.50 bits per heavy atom. The van der Waals surface area contributed by atoms with Crippen LogP contribution in [0.25, 0.3) is 0 Å². The maximum atomic E-state index is 11.0. The monoisotopic (exact) mass is 195 g/mol. The zero-order valence-electron chi connectivity index (χ0n) is 7.77. The number of nitrogens with zero attached hydrogens (tertiary/aromatic N) is 1. The molecule has 1 N–H and O–H groups in total. The predicted molar refractivity (Wildman–Crippen MR) is 49.5 cm³/mol. The Hall–Kier alpha value is -1.91. The molecule has 0 fully saturated rings. The molecule has 0 heterocycles. The average molecular weight is 195 g/mol. The van der Waals surface area contributed by atoms with Crippen LogP contribution < -0.4 is 0 Å². The van der Waals surface area contributed by atoms with Gasteiger partial charge in [0.25, 0.3) is 5.69 Å². The Morgan fingerprint density at radius 2 is 2.07 bits per heavy atom. The van der Waals surface area contributed by atoms with Crippen molar-refractivity contribution in [1.82, 2.24) is 0 Å². The topological polar surface area (TPSA) is 80.4 Å². The smallest absolute Gasteiger partial charge is 0.276 e. The number of hydrogen-bond donors (Lipinski definition) is 1. The highest BCUT2D eigenvalue weighted by atomic mass is 16.6. The fourth-order valence-electron chi connectivity index (χ4n) is 1.17. The first-order valence-corrected chi connectivity index (χ1v) is 3.93. The molecule has 0 atom stereocenters. The molecular formula is C9H9NO4. The van der Waals surface area contributed by atoms with Crippen LogP contribution in [0.1, 0.15) is 22.8 Å². The van der Waals surface area contributed by atoms with E-state index in [2.05, 4.69) is 0 Å².